The molecule has 2 N–H and O–H groups in total. The molecule has 0 atom stereocenters. The second kappa shape index (κ2) is 10.6. The van der Waals surface area contributed by atoms with Gasteiger partial charge in [-0.05, 0) is 23.6 Å². The molecule has 0 fully saturated rings. The highest BCUT2D eigenvalue weighted by Crippen LogP contribution is 2.06. The van der Waals surface area contributed by atoms with Gasteiger partial charge in [-0.1, -0.05) is 60.7 Å². The zero-order valence-electron chi connectivity index (χ0n) is 15.1. The number of esters is 1. The fourth-order valence-electron chi connectivity index (χ4n) is 2.30. The number of ether oxygens (including phenoxy) is 1. The van der Waals surface area contributed by atoms with Crippen LogP contribution in [0.3, 0.4) is 0 Å². The number of hydrogen-bond donors (Lipinski definition) is 2. The van der Waals surface area contributed by atoms with Crippen molar-refractivity contribution in [3.63, 3.8) is 0 Å². The third kappa shape index (κ3) is 7.56. The lowest BCUT2D eigenvalue weighted by atomic mass is 10.1. The van der Waals surface area contributed by atoms with Crippen molar-refractivity contribution in [2.75, 3.05) is 13.2 Å². The summed E-state index contributed by atoms with van der Waals surface area (Å²) >= 11 is 0. The van der Waals surface area contributed by atoms with E-state index in [4.69, 9.17) is 4.74 Å². The van der Waals surface area contributed by atoms with Crippen LogP contribution in [0, 0.1) is 0 Å². The van der Waals surface area contributed by atoms with Gasteiger partial charge >= 0.3 is 5.97 Å². The molecule has 0 radical (unpaired) electrons. The lowest BCUT2D eigenvalue weighted by Crippen LogP contribution is -2.32. The van der Waals surface area contributed by atoms with Gasteiger partial charge in [0.2, 0.25) is 5.91 Å². The molecule has 0 bridgehead atoms. The summed E-state index contributed by atoms with van der Waals surface area (Å²) in [6, 6.07) is 18.8. The normalized spacial score (nSPS) is 10.8. The highest BCUT2D eigenvalue weighted by atomic mass is 16.5. The maximum absolute atomic E-state index is 12.2. The van der Waals surface area contributed by atoms with Crippen LogP contribution < -0.4 is 10.6 Å². The Kier molecular flexibility index (Phi) is 7.78. The molecule has 27 heavy (non-hydrogen) atoms. The van der Waals surface area contributed by atoms with Crippen molar-refractivity contribution in [3.8, 4) is 0 Å². The Bertz CT molecular complexity index is 801. The Morgan fingerprint density at radius 2 is 1.59 bits per heavy atom. The van der Waals surface area contributed by atoms with Crippen molar-refractivity contribution in [1.82, 2.24) is 10.6 Å². The standard InChI is InChI=1S/C21H22N2O4/c1-16(24)23-19(14-18-10-6-3-7-11-18)21(26)27-15-20(25)22-13-12-17-8-4-2-5-9-17/h2-11,14H,12-13,15H2,1H3,(H,22,25)(H,23,24)/b19-14-. The molecule has 6 heteroatoms. The minimum Gasteiger partial charge on any atom is -0.451 e. The van der Waals surface area contributed by atoms with Gasteiger partial charge in [-0.25, -0.2) is 4.79 Å². The molecule has 0 saturated heterocycles. The van der Waals surface area contributed by atoms with E-state index in [-0.39, 0.29) is 5.70 Å². The van der Waals surface area contributed by atoms with Gasteiger partial charge < -0.3 is 15.4 Å². The van der Waals surface area contributed by atoms with E-state index in [0.29, 0.717) is 13.0 Å². The van der Waals surface area contributed by atoms with Crippen molar-refractivity contribution >= 4 is 23.9 Å². The summed E-state index contributed by atoms with van der Waals surface area (Å²) in [5.74, 6) is -1.57. The minimum absolute atomic E-state index is 0.0224. The number of nitrogens with one attached hydrogen (secondary N) is 2. The van der Waals surface area contributed by atoms with Crippen LogP contribution in [0.5, 0.6) is 0 Å². The van der Waals surface area contributed by atoms with E-state index in [2.05, 4.69) is 10.6 Å². The summed E-state index contributed by atoms with van der Waals surface area (Å²) in [7, 11) is 0. The topological polar surface area (TPSA) is 84.5 Å². The number of carbonyl (C=O) groups excluding carboxylic acids is 3. The lowest BCUT2D eigenvalue weighted by molar-refractivity contribution is -0.145. The molecule has 2 amide bonds. The molecule has 0 aromatic heterocycles. The van der Waals surface area contributed by atoms with Crippen molar-refractivity contribution in [1.29, 1.82) is 0 Å². The van der Waals surface area contributed by atoms with Crippen molar-refractivity contribution in [2.24, 2.45) is 0 Å². The molecule has 0 aliphatic carbocycles. The number of carbonyl (C=O) groups is 3. The second-order valence-corrected chi connectivity index (χ2v) is 5.81. The molecule has 0 aliphatic rings. The molecule has 2 aromatic rings. The average Bonchev–Trinajstić information content (AvgIpc) is 2.67. The molecule has 0 aliphatic heterocycles. The molecular formula is C21H22N2O4. The smallest absolute Gasteiger partial charge is 0.355 e. The average molecular weight is 366 g/mol. The highest BCUT2D eigenvalue weighted by Gasteiger charge is 2.14. The van der Waals surface area contributed by atoms with Crippen molar-refractivity contribution in [3.05, 3.63) is 77.5 Å². The third-order valence-electron chi connectivity index (χ3n) is 3.55. The van der Waals surface area contributed by atoms with Crippen LogP contribution in [0.1, 0.15) is 18.1 Å². The van der Waals surface area contributed by atoms with Gasteiger partial charge in [0.25, 0.3) is 5.91 Å². The second-order valence-electron chi connectivity index (χ2n) is 5.81. The molecule has 140 valence electrons. The van der Waals surface area contributed by atoms with Crippen LogP contribution in [0.25, 0.3) is 6.08 Å². The van der Waals surface area contributed by atoms with E-state index < -0.39 is 24.4 Å². The molecule has 0 saturated carbocycles. The van der Waals surface area contributed by atoms with Gasteiger partial charge in [-0.3, -0.25) is 9.59 Å². The van der Waals surface area contributed by atoms with Crippen molar-refractivity contribution in [2.45, 2.75) is 13.3 Å². The van der Waals surface area contributed by atoms with E-state index in [1.165, 1.54) is 13.0 Å². The largest absolute Gasteiger partial charge is 0.451 e. The predicted molar refractivity (Wildman–Crippen MR) is 102 cm³/mol. The van der Waals surface area contributed by atoms with Gasteiger partial charge in [0.05, 0.1) is 0 Å². The van der Waals surface area contributed by atoms with E-state index in [1.54, 1.807) is 12.1 Å². The summed E-state index contributed by atoms with van der Waals surface area (Å²) in [5.41, 5.74) is 1.81. The fraction of sp³-hybridized carbons (Fsp3) is 0.190. The maximum Gasteiger partial charge on any atom is 0.355 e. The molecule has 0 heterocycles. The SMILES string of the molecule is CC(=O)N/C(=C\c1ccccc1)C(=O)OCC(=O)NCCc1ccccc1. The molecule has 0 spiro atoms. The number of rotatable bonds is 8. The summed E-state index contributed by atoms with van der Waals surface area (Å²) in [4.78, 5) is 35.4. The first kappa shape index (κ1) is 19.9. The van der Waals surface area contributed by atoms with Crippen LogP contribution >= 0.6 is 0 Å². The van der Waals surface area contributed by atoms with Crippen LogP contribution in [0.2, 0.25) is 0 Å². The number of amides is 2. The summed E-state index contributed by atoms with van der Waals surface area (Å²) in [5, 5.41) is 5.13. The Morgan fingerprint density at radius 1 is 0.963 bits per heavy atom. The van der Waals surface area contributed by atoms with Gasteiger partial charge in [0.1, 0.15) is 5.70 Å². The molecular weight excluding hydrogens is 344 g/mol. The highest BCUT2D eigenvalue weighted by molar-refractivity contribution is 5.98. The lowest BCUT2D eigenvalue weighted by Gasteiger charge is -2.09. The first-order chi connectivity index (χ1) is 13.0. The van der Waals surface area contributed by atoms with E-state index >= 15 is 0 Å². The Morgan fingerprint density at radius 3 is 2.22 bits per heavy atom. The van der Waals surface area contributed by atoms with Gasteiger partial charge in [-0.15, -0.1) is 0 Å². The molecule has 0 unspecified atom stereocenters. The number of hydrogen-bond acceptors (Lipinski definition) is 4. The predicted octanol–water partition coefficient (Wildman–Crippen LogP) is 2.07. The van der Waals surface area contributed by atoms with Gasteiger partial charge in [0, 0.05) is 13.5 Å². The van der Waals surface area contributed by atoms with Crippen LogP contribution in [-0.4, -0.2) is 30.9 Å². The summed E-state index contributed by atoms with van der Waals surface area (Å²) in [6.07, 6.45) is 2.18. The molecule has 2 aromatic carbocycles. The Hall–Kier alpha value is -3.41. The van der Waals surface area contributed by atoms with Crippen LogP contribution in [0.4, 0.5) is 0 Å². The zero-order chi connectivity index (χ0) is 19.5. The molecule has 6 nitrogen and oxygen atoms in total. The van der Waals surface area contributed by atoms with Crippen molar-refractivity contribution < 1.29 is 19.1 Å². The first-order valence-corrected chi connectivity index (χ1v) is 8.56. The fourth-order valence-corrected chi connectivity index (χ4v) is 2.30. The summed E-state index contributed by atoms with van der Waals surface area (Å²) < 4.78 is 5.01. The number of benzene rings is 2. The summed E-state index contributed by atoms with van der Waals surface area (Å²) in [6.45, 7) is 1.32. The molecule has 2 rings (SSSR count). The maximum atomic E-state index is 12.2. The third-order valence-corrected chi connectivity index (χ3v) is 3.55. The Labute approximate surface area is 158 Å². The monoisotopic (exact) mass is 366 g/mol. The van der Waals surface area contributed by atoms with Crippen LogP contribution in [-0.2, 0) is 25.5 Å². The van der Waals surface area contributed by atoms with Crippen LogP contribution in [0.15, 0.2) is 66.4 Å². The quantitative estimate of drug-likeness (QED) is 0.553. The van der Waals surface area contributed by atoms with E-state index in [1.807, 2.05) is 48.5 Å². The van der Waals surface area contributed by atoms with E-state index in [9.17, 15) is 14.4 Å². The van der Waals surface area contributed by atoms with E-state index in [0.717, 1.165) is 11.1 Å². The van der Waals surface area contributed by atoms with Gasteiger partial charge in [0.15, 0.2) is 6.61 Å². The Balaban J connectivity index is 1.84. The first-order valence-electron chi connectivity index (χ1n) is 8.56. The minimum atomic E-state index is -0.771. The zero-order valence-corrected chi connectivity index (χ0v) is 15.1. The van der Waals surface area contributed by atoms with Gasteiger partial charge in [-0.2, -0.15) is 0 Å².